The van der Waals surface area contributed by atoms with Crippen LogP contribution in [0.2, 0.25) is 0 Å². The molecule has 0 atom stereocenters. The number of ether oxygens (including phenoxy) is 3. The van der Waals surface area contributed by atoms with Crippen LogP contribution in [0.4, 0.5) is 11.5 Å². The molecule has 0 unspecified atom stereocenters. The molecular weight excluding hydrogens is 394 g/mol. The van der Waals surface area contributed by atoms with Crippen molar-refractivity contribution in [1.82, 2.24) is 4.98 Å². The summed E-state index contributed by atoms with van der Waals surface area (Å²) in [5.41, 5.74) is 2.44. The number of hydrogen-bond acceptors (Lipinski definition) is 6. The van der Waals surface area contributed by atoms with Crippen molar-refractivity contribution in [2.45, 2.75) is 6.54 Å². The van der Waals surface area contributed by atoms with Crippen LogP contribution in [0.15, 0.2) is 60.8 Å². The fourth-order valence-electron chi connectivity index (χ4n) is 3.82. The third-order valence-electron chi connectivity index (χ3n) is 5.32. The van der Waals surface area contributed by atoms with Crippen molar-refractivity contribution in [2.75, 3.05) is 44.2 Å². The molecule has 1 aliphatic heterocycles. The highest BCUT2D eigenvalue weighted by atomic mass is 16.5. The van der Waals surface area contributed by atoms with Gasteiger partial charge in [-0.05, 0) is 29.8 Å². The maximum Gasteiger partial charge on any atom is 0.258 e. The van der Waals surface area contributed by atoms with Gasteiger partial charge in [-0.3, -0.25) is 4.79 Å². The highest BCUT2D eigenvalue weighted by Crippen LogP contribution is 2.39. The predicted octanol–water partition coefficient (Wildman–Crippen LogP) is 3.77. The van der Waals surface area contributed by atoms with E-state index in [9.17, 15) is 4.79 Å². The Kier molecular flexibility index (Phi) is 5.93. The van der Waals surface area contributed by atoms with Crippen LogP contribution in [-0.4, -0.2) is 45.3 Å². The second-order valence-corrected chi connectivity index (χ2v) is 7.12. The third-order valence-corrected chi connectivity index (χ3v) is 5.32. The standard InChI is InChI=1S/C24H25N3O4/c1-29-20-14-18(15-21(30-2)22(20)31-3)24(28)27-13-12-26(16-17-8-5-4-6-9-17)23-19(27)10-7-11-25-23/h4-11,14-15H,12-13,16H2,1-3H3. The van der Waals surface area contributed by atoms with E-state index >= 15 is 0 Å². The molecule has 0 N–H and O–H groups in total. The maximum atomic E-state index is 13.5. The van der Waals surface area contributed by atoms with Crippen molar-refractivity contribution in [3.05, 3.63) is 71.9 Å². The van der Waals surface area contributed by atoms with Gasteiger partial charge in [0.15, 0.2) is 17.3 Å². The number of aromatic nitrogens is 1. The molecule has 0 spiro atoms. The van der Waals surface area contributed by atoms with Crippen molar-refractivity contribution in [1.29, 1.82) is 0 Å². The van der Waals surface area contributed by atoms with Gasteiger partial charge in [0.2, 0.25) is 5.75 Å². The minimum atomic E-state index is -0.145. The number of carbonyl (C=O) groups excluding carboxylic acids is 1. The highest BCUT2D eigenvalue weighted by Gasteiger charge is 2.29. The number of benzene rings is 2. The summed E-state index contributed by atoms with van der Waals surface area (Å²) in [7, 11) is 4.61. The fraction of sp³-hybridized carbons (Fsp3) is 0.250. The Morgan fingerprint density at radius 1 is 0.935 bits per heavy atom. The molecule has 0 bridgehead atoms. The van der Waals surface area contributed by atoms with Gasteiger partial charge in [0, 0.05) is 31.4 Å². The molecule has 0 saturated carbocycles. The Labute approximate surface area is 181 Å². The highest BCUT2D eigenvalue weighted by molar-refractivity contribution is 6.08. The van der Waals surface area contributed by atoms with E-state index in [0.717, 1.165) is 18.1 Å². The largest absolute Gasteiger partial charge is 0.493 e. The molecule has 1 aliphatic rings. The molecule has 0 radical (unpaired) electrons. The second kappa shape index (κ2) is 8.95. The molecule has 2 aromatic carbocycles. The van der Waals surface area contributed by atoms with Crippen molar-refractivity contribution < 1.29 is 19.0 Å². The topological polar surface area (TPSA) is 64.1 Å². The lowest BCUT2D eigenvalue weighted by Gasteiger charge is -2.36. The molecule has 4 rings (SSSR count). The van der Waals surface area contributed by atoms with E-state index < -0.39 is 0 Å². The first-order valence-electron chi connectivity index (χ1n) is 10.0. The molecule has 31 heavy (non-hydrogen) atoms. The zero-order valence-corrected chi connectivity index (χ0v) is 17.9. The Morgan fingerprint density at radius 2 is 1.65 bits per heavy atom. The summed E-state index contributed by atoms with van der Waals surface area (Å²) in [4.78, 5) is 22.0. The van der Waals surface area contributed by atoms with E-state index in [4.69, 9.17) is 14.2 Å². The number of rotatable bonds is 6. The Morgan fingerprint density at radius 3 is 2.29 bits per heavy atom. The number of fused-ring (bicyclic) bond motifs is 1. The summed E-state index contributed by atoms with van der Waals surface area (Å²) in [6, 6.07) is 17.4. The number of hydrogen-bond donors (Lipinski definition) is 0. The monoisotopic (exact) mass is 419 g/mol. The summed E-state index contributed by atoms with van der Waals surface area (Å²) < 4.78 is 16.2. The number of methoxy groups -OCH3 is 3. The number of anilines is 2. The van der Waals surface area contributed by atoms with Gasteiger partial charge in [0.05, 0.1) is 27.0 Å². The van der Waals surface area contributed by atoms with Crippen LogP contribution in [0.25, 0.3) is 0 Å². The van der Waals surface area contributed by atoms with Crippen molar-refractivity contribution in [2.24, 2.45) is 0 Å². The van der Waals surface area contributed by atoms with E-state index in [1.54, 1.807) is 23.2 Å². The minimum absolute atomic E-state index is 0.145. The summed E-state index contributed by atoms with van der Waals surface area (Å²) in [6.45, 7) is 1.95. The first-order valence-corrected chi connectivity index (χ1v) is 10.0. The molecule has 7 nitrogen and oxygen atoms in total. The van der Waals surface area contributed by atoms with Crippen LogP contribution in [0.5, 0.6) is 17.2 Å². The van der Waals surface area contributed by atoms with Crippen molar-refractivity contribution in [3.8, 4) is 17.2 Å². The van der Waals surface area contributed by atoms with Gasteiger partial charge in [-0.25, -0.2) is 4.98 Å². The Balaban J connectivity index is 1.67. The van der Waals surface area contributed by atoms with E-state index in [-0.39, 0.29) is 5.91 Å². The molecule has 7 heteroatoms. The molecule has 0 fully saturated rings. The predicted molar refractivity (Wildman–Crippen MR) is 120 cm³/mol. The number of nitrogens with zero attached hydrogens (tertiary/aromatic N) is 3. The van der Waals surface area contributed by atoms with Crippen LogP contribution in [0.1, 0.15) is 15.9 Å². The van der Waals surface area contributed by atoms with Crippen LogP contribution in [-0.2, 0) is 6.54 Å². The molecule has 1 aromatic heterocycles. The van der Waals surface area contributed by atoms with Gasteiger partial charge in [-0.15, -0.1) is 0 Å². The zero-order valence-electron chi connectivity index (χ0n) is 17.9. The molecule has 160 valence electrons. The summed E-state index contributed by atoms with van der Waals surface area (Å²) in [5, 5.41) is 0. The third kappa shape index (κ3) is 3.99. The van der Waals surface area contributed by atoms with Gasteiger partial charge in [0.25, 0.3) is 5.91 Å². The molecule has 3 aromatic rings. The summed E-state index contributed by atoms with van der Waals surface area (Å²) in [5.74, 6) is 1.99. The normalized spacial score (nSPS) is 12.9. The number of carbonyl (C=O) groups is 1. The van der Waals surface area contributed by atoms with E-state index in [0.29, 0.717) is 35.9 Å². The molecule has 2 heterocycles. The number of pyridine rings is 1. The molecule has 0 saturated heterocycles. The van der Waals surface area contributed by atoms with Crippen LogP contribution < -0.4 is 24.0 Å². The van der Waals surface area contributed by atoms with Gasteiger partial charge in [-0.2, -0.15) is 0 Å². The molecule has 0 aliphatic carbocycles. The zero-order chi connectivity index (χ0) is 21.8. The lowest BCUT2D eigenvalue weighted by atomic mass is 10.1. The van der Waals surface area contributed by atoms with E-state index in [1.807, 2.05) is 30.3 Å². The average Bonchev–Trinajstić information content (AvgIpc) is 2.83. The second-order valence-electron chi connectivity index (χ2n) is 7.12. The average molecular weight is 419 g/mol. The van der Waals surface area contributed by atoms with Crippen LogP contribution in [0, 0.1) is 0 Å². The first kappa shape index (κ1) is 20.5. The lowest BCUT2D eigenvalue weighted by molar-refractivity contribution is 0.0985. The Hall–Kier alpha value is -3.74. The fourth-order valence-corrected chi connectivity index (χ4v) is 3.82. The van der Waals surface area contributed by atoms with Gasteiger partial charge < -0.3 is 24.0 Å². The van der Waals surface area contributed by atoms with Crippen molar-refractivity contribution in [3.63, 3.8) is 0 Å². The summed E-state index contributed by atoms with van der Waals surface area (Å²) in [6.07, 6.45) is 1.75. The maximum absolute atomic E-state index is 13.5. The quantitative estimate of drug-likeness (QED) is 0.606. The van der Waals surface area contributed by atoms with Crippen LogP contribution >= 0.6 is 0 Å². The molecular formula is C24H25N3O4. The van der Waals surface area contributed by atoms with Gasteiger partial charge in [-0.1, -0.05) is 30.3 Å². The first-order chi connectivity index (χ1) is 15.2. The van der Waals surface area contributed by atoms with Crippen LogP contribution in [0.3, 0.4) is 0 Å². The van der Waals surface area contributed by atoms with Gasteiger partial charge >= 0.3 is 0 Å². The molecule has 1 amide bonds. The van der Waals surface area contributed by atoms with Gasteiger partial charge in [0.1, 0.15) is 0 Å². The minimum Gasteiger partial charge on any atom is -0.493 e. The van der Waals surface area contributed by atoms with E-state index in [1.165, 1.54) is 26.9 Å². The Bertz CT molecular complexity index is 1050. The van der Waals surface area contributed by atoms with Crippen molar-refractivity contribution >= 4 is 17.4 Å². The SMILES string of the molecule is COc1cc(C(=O)N2CCN(Cc3ccccc3)c3ncccc32)cc(OC)c1OC. The summed E-state index contributed by atoms with van der Waals surface area (Å²) >= 11 is 0. The lowest BCUT2D eigenvalue weighted by Crippen LogP contribution is -2.44. The van der Waals surface area contributed by atoms with E-state index in [2.05, 4.69) is 22.0 Å². The smallest absolute Gasteiger partial charge is 0.258 e. The number of amides is 1.